The summed E-state index contributed by atoms with van der Waals surface area (Å²) < 4.78 is 55.5. The normalized spacial score (nSPS) is 20.9. The maximum atomic E-state index is 13.3. The third-order valence-corrected chi connectivity index (χ3v) is 5.04. The number of esters is 2. The van der Waals surface area contributed by atoms with E-state index in [9.17, 15) is 32.3 Å². The van der Waals surface area contributed by atoms with E-state index in [4.69, 9.17) is 14.2 Å². The van der Waals surface area contributed by atoms with Crippen molar-refractivity contribution in [3.05, 3.63) is 0 Å². The van der Waals surface area contributed by atoms with Gasteiger partial charge in [0.05, 0.1) is 30.8 Å². The molecule has 190 valence electrons. The first-order valence-electron chi connectivity index (χ1n) is 10.6. The number of carbonyl (C=O) groups excluding carboxylic acids is 4. The van der Waals surface area contributed by atoms with E-state index in [1.54, 1.807) is 34.6 Å². The number of nitrogens with one attached hydrogen (secondary N) is 1. The van der Waals surface area contributed by atoms with Gasteiger partial charge in [0, 0.05) is 13.5 Å². The Bertz CT molecular complexity index is 734. The Morgan fingerprint density at radius 2 is 1.70 bits per heavy atom. The zero-order valence-corrected chi connectivity index (χ0v) is 19.9. The largest absolute Gasteiger partial charge is 0.471 e. The molecule has 0 aromatic carbocycles. The minimum Gasteiger partial charge on any atom is -0.467 e. The van der Waals surface area contributed by atoms with Crippen molar-refractivity contribution in [3.63, 3.8) is 0 Å². The van der Waals surface area contributed by atoms with E-state index in [2.05, 4.69) is 5.32 Å². The van der Waals surface area contributed by atoms with Gasteiger partial charge in [-0.2, -0.15) is 13.2 Å². The van der Waals surface area contributed by atoms with Crippen LogP contribution >= 0.6 is 0 Å². The highest BCUT2D eigenvalue weighted by atomic mass is 19.4. The first kappa shape index (κ1) is 28.7. The van der Waals surface area contributed by atoms with Crippen molar-refractivity contribution >= 4 is 23.8 Å². The van der Waals surface area contributed by atoms with Gasteiger partial charge in [-0.05, 0) is 33.1 Å². The standard InChI is InChI=1S/C21H33F3N2O7/c1-11(2)15(18(29)31-7)25-17(28)13(10-32-12(3)27)16-14(33-20(4,5)6)8-9-26(16)19(30)21(22,23)24/h11,13-16H,8-10H2,1-7H3,(H,25,28)/t13-,14+,15+,16-/m1/s1. The Labute approximate surface area is 191 Å². The highest BCUT2D eigenvalue weighted by Gasteiger charge is 2.53. The van der Waals surface area contributed by atoms with E-state index in [-0.39, 0.29) is 13.0 Å². The van der Waals surface area contributed by atoms with E-state index in [0.717, 1.165) is 14.0 Å². The summed E-state index contributed by atoms with van der Waals surface area (Å²) in [5, 5.41) is 2.47. The summed E-state index contributed by atoms with van der Waals surface area (Å²) >= 11 is 0. The molecule has 1 aliphatic rings. The Balaban J connectivity index is 3.42. The lowest BCUT2D eigenvalue weighted by Gasteiger charge is -2.37. The molecule has 0 saturated carbocycles. The summed E-state index contributed by atoms with van der Waals surface area (Å²) in [4.78, 5) is 49.5. The van der Waals surface area contributed by atoms with Gasteiger partial charge >= 0.3 is 24.0 Å². The van der Waals surface area contributed by atoms with Gasteiger partial charge < -0.3 is 24.4 Å². The minimum absolute atomic E-state index is 0.0399. The van der Waals surface area contributed by atoms with Gasteiger partial charge in [0.1, 0.15) is 12.6 Å². The van der Waals surface area contributed by atoms with Gasteiger partial charge in [-0.3, -0.25) is 14.4 Å². The lowest BCUT2D eigenvalue weighted by molar-refractivity contribution is -0.190. The average Bonchev–Trinajstić information content (AvgIpc) is 3.05. The lowest BCUT2D eigenvalue weighted by atomic mass is 9.93. The molecular formula is C21H33F3N2O7. The van der Waals surface area contributed by atoms with Crippen molar-refractivity contribution < 1.29 is 46.6 Å². The van der Waals surface area contributed by atoms with Crippen LogP contribution in [0.1, 0.15) is 48.0 Å². The number of alkyl halides is 3. The number of likely N-dealkylation sites (tertiary alicyclic amines) is 1. The second-order valence-corrected chi connectivity index (χ2v) is 9.21. The molecule has 12 heteroatoms. The second-order valence-electron chi connectivity index (χ2n) is 9.21. The monoisotopic (exact) mass is 482 g/mol. The number of rotatable bonds is 8. The van der Waals surface area contributed by atoms with Gasteiger partial charge in [0.25, 0.3) is 0 Å². The fourth-order valence-electron chi connectivity index (χ4n) is 3.67. The van der Waals surface area contributed by atoms with Crippen LogP contribution in [0.3, 0.4) is 0 Å². The predicted octanol–water partition coefficient (Wildman–Crippen LogP) is 1.83. The van der Waals surface area contributed by atoms with Crippen molar-refractivity contribution in [1.29, 1.82) is 0 Å². The second kappa shape index (κ2) is 11.2. The van der Waals surface area contributed by atoms with Crippen LogP contribution in [0.5, 0.6) is 0 Å². The van der Waals surface area contributed by atoms with Gasteiger partial charge in [0.2, 0.25) is 5.91 Å². The van der Waals surface area contributed by atoms with Crippen LogP contribution in [0.4, 0.5) is 13.2 Å². The fraction of sp³-hybridized carbons (Fsp3) is 0.810. The van der Waals surface area contributed by atoms with Crippen molar-refractivity contribution in [3.8, 4) is 0 Å². The molecule has 1 N–H and O–H groups in total. The number of carbonyl (C=O) groups is 4. The molecular weight excluding hydrogens is 449 g/mol. The van der Waals surface area contributed by atoms with Gasteiger partial charge in [-0.25, -0.2) is 4.79 Å². The van der Waals surface area contributed by atoms with Crippen LogP contribution in [-0.2, 0) is 33.4 Å². The summed E-state index contributed by atoms with van der Waals surface area (Å²) in [5.41, 5.74) is -0.796. The van der Waals surface area contributed by atoms with E-state index < -0.39 is 72.2 Å². The topological polar surface area (TPSA) is 111 Å². The van der Waals surface area contributed by atoms with E-state index in [1.165, 1.54) is 0 Å². The molecule has 0 spiro atoms. The summed E-state index contributed by atoms with van der Waals surface area (Å²) in [5.74, 6) is -6.34. The zero-order chi connectivity index (χ0) is 25.7. The van der Waals surface area contributed by atoms with E-state index in [1.807, 2.05) is 0 Å². The smallest absolute Gasteiger partial charge is 0.467 e. The number of ether oxygens (including phenoxy) is 3. The highest BCUT2D eigenvalue weighted by molar-refractivity contribution is 5.88. The molecule has 1 rings (SSSR count). The molecule has 1 heterocycles. The Hall–Kier alpha value is -2.37. The Morgan fingerprint density at radius 1 is 1.12 bits per heavy atom. The molecule has 1 saturated heterocycles. The maximum absolute atomic E-state index is 13.3. The summed E-state index contributed by atoms with van der Waals surface area (Å²) in [7, 11) is 1.13. The fourth-order valence-corrected chi connectivity index (χ4v) is 3.67. The van der Waals surface area contributed by atoms with Crippen LogP contribution in [0.15, 0.2) is 0 Å². The maximum Gasteiger partial charge on any atom is 0.471 e. The number of hydrogen-bond acceptors (Lipinski definition) is 7. The Morgan fingerprint density at radius 3 is 2.12 bits per heavy atom. The number of hydrogen-bond donors (Lipinski definition) is 1. The molecule has 33 heavy (non-hydrogen) atoms. The molecule has 0 aliphatic carbocycles. The van der Waals surface area contributed by atoms with Crippen molar-refractivity contribution in [2.45, 2.75) is 77.9 Å². The summed E-state index contributed by atoms with van der Waals surface area (Å²) in [6, 6.07) is -2.49. The molecule has 0 aromatic rings. The number of halogens is 3. The van der Waals surface area contributed by atoms with Crippen molar-refractivity contribution in [2.24, 2.45) is 11.8 Å². The minimum atomic E-state index is -5.18. The van der Waals surface area contributed by atoms with Gasteiger partial charge in [0.15, 0.2) is 0 Å². The molecule has 0 aromatic heterocycles. The first-order valence-corrected chi connectivity index (χ1v) is 10.6. The molecule has 0 unspecified atom stereocenters. The van der Waals surface area contributed by atoms with Crippen LogP contribution in [0.2, 0.25) is 0 Å². The van der Waals surface area contributed by atoms with Crippen molar-refractivity contribution in [2.75, 3.05) is 20.3 Å². The SMILES string of the molecule is COC(=O)[C@@H](NC(=O)[C@H](COC(C)=O)[C@@H]1[C@@H](OC(C)(C)C)CCN1C(=O)C(F)(F)F)C(C)C. The van der Waals surface area contributed by atoms with E-state index in [0.29, 0.717) is 4.90 Å². The van der Waals surface area contributed by atoms with Crippen LogP contribution in [-0.4, -0.2) is 78.9 Å². The molecule has 0 radical (unpaired) electrons. The number of nitrogens with zero attached hydrogens (tertiary/aromatic N) is 1. The molecule has 2 amide bonds. The number of methoxy groups -OCH3 is 1. The van der Waals surface area contributed by atoms with Crippen molar-refractivity contribution in [1.82, 2.24) is 10.2 Å². The molecule has 1 fully saturated rings. The summed E-state index contributed by atoms with van der Waals surface area (Å²) in [6.07, 6.45) is -6.08. The van der Waals surface area contributed by atoms with Crippen LogP contribution in [0, 0.1) is 11.8 Å². The molecule has 4 atom stereocenters. The average molecular weight is 482 g/mol. The third kappa shape index (κ3) is 8.17. The Kier molecular flexibility index (Phi) is 9.70. The zero-order valence-electron chi connectivity index (χ0n) is 19.9. The third-order valence-electron chi connectivity index (χ3n) is 5.04. The van der Waals surface area contributed by atoms with Crippen LogP contribution in [0.25, 0.3) is 0 Å². The van der Waals surface area contributed by atoms with Gasteiger partial charge in [-0.1, -0.05) is 13.8 Å². The highest BCUT2D eigenvalue weighted by Crippen LogP contribution is 2.34. The predicted molar refractivity (Wildman–Crippen MR) is 110 cm³/mol. The van der Waals surface area contributed by atoms with E-state index >= 15 is 0 Å². The lowest BCUT2D eigenvalue weighted by Crippen LogP contribution is -2.57. The number of amides is 2. The summed E-state index contributed by atoms with van der Waals surface area (Å²) in [6.45, 7) is 8.51. The molecule has 1 aliphatic heterocycles. The quantitative estimate of drug-likeness (QED) is 0.526. The molecule has 0 bridgehead atoms. The van der Waals surface area contributed by atoms with Gasteiger partial charge in [-0.15, -0.1) is 0 Å². The molecule has 9 nitrogen and oxygen atoms in total. The first-order chi connectivity index (χ1) is 15.0. The van der Waals surface area contributed by atoms with Crippen LogP contribution < -0.4 is 5.32 Å².